The molecule has 1 aliphatic carbocycles. The summed E-state index contributed by atoms with van der Waals surface area (Å²) >= 11 is 0. The monoisotopic (exact) mass is 285 g/mol. The summed E-state index contributed by atoms with van der Waals surface area (Å²) in [5, 5.41) is 8.11. The van der Waals surface area contributed by atoms with Gasteiger partial charge in [-0.05, 0) is 37.3 Å². The third-order valence-electron chi connectivity index (χ3n) is 4.40. The van der Waals surface area contributed by atoms with E-state index in [2.05, 4.69) is 34.7 Å². The van der Waals surface area contributed by atoms with Crippen LogP contribution in [0.5, 0.6) is 5.88 Å². The standard InChI is InChI=1S/C17H23N3O/c1-12-16(17(21-3)20(2)19-12)11-18-15-9-8-13-6-4-5-7-14(13)10-15/h4-7,15,18H,8-11H2,1-3H3/t15-/m1/s1. The van der Waals surface area contributed by atoms with Gasteiger partial charge < -0.3 is 10.1 Å². The SMILES string of the molecule is COc1c(CN[C@@H]2CCc3ccccc3C2)c(C)nn1C. The molecule has 4 heteroatoms. The molecule has 112 valence electrons. The number of aromatic nitrogens is 2. The largest absolute Gasteiger partial charge is 0.481 e. The quantitative estimate of drug-likeness (QED) is 0.937. The number of nitrogens with one attached hydrogen (secondary N) is 1. The molecule has 0 fully saturated rings. The summed E-state index contributed by atoms with van der Waals surface area (Å²) in [6, 6.07) is 9.30. The maximum absolute atomic E-state index is 5.45. The molecule has 1 aromatic heterocycles. The molecule has 1 aromatic carbocycles. The zero-order chi connectivity index (χ0) is 14.8. The van der Waals surface area contributed by atoms with E-state index in [9.17, 15) is 0 Å². The molecule has 21 heavy (non-hydrogen) atoms. The lowest BCUT2D eigenvalue weighted by atomic mass is 9.88. The second-order valence-electron chi connectivity index (χ2n) is 5.79. The number of nitrogens with zero attached hydrogens (tertiary/aromatic N) is 2. The van der Waals surface area contributed by atoms with E-state index in [1.807, 2.05) is 18.7 Å². The van der Waals surface area contributed by atoms with E-state index in [0.717, 1.165) is 31.0 Å². The Labute approximate surface area is 126 Å². The van der Waals surface area contributed by atoms with Gasteiger partial charge in [-0.3, -0.25) is 0 Å². The summed E-state index contributed by atoms with van der Waals surface area (Å²) in [5.74, 6) is 0.858. The van der Waals surface area contributed by atoms with Gasteiger partial charge in [0.15, 0.2) is 0 Å². The number of methoxy groups -OCH3 is 1. The summed E-state index contributed by atoms with van der Waals surface area (Å²) in [6.45, 7) is 2.85. The van der Waals surface area contributed by atoms with Crippen LogP contribution in [0.25, 0.3) is 0 Å². The van der Waals surface area contributed by atoms with Gasteiger partial charge in [-0.1, -0.05) is 24.3 Å². The zero-order valence-corrected chi connectivity index (χ0v) is 13.0. The van der Waals surface area contributed by atoms with Crippen LogP contribution in [0.4, 0.5) is 0 Å². The van der Waals surface area contributed by atoms with Crippen molar-refractivity contribution in [2.24, 2.45) is 7.05 Å². The predicted octanol–water partition coefficient (Wildman–Crippen LogP) is 2.38. The van der Waals surface area contributed by atoms with Crippen molar-refractivity contribution in [1.29, 1.82) is 0 Å². The number of hydrogen-bond acceptors (Lipinski definition) is 3. The van der Waals surface area contributed by atoms with Gasteiger partial charge >= 0.3 is 0 Å². The molecule has 0 bridgehead atoms. The second kappa shape index (κ2) is 5.90. The Morgan fingerprint density at radius 3 is 2.86 bits per heavy atom. The van der Waals surface area contributed by atoms with E-state index >= 15 is 0 Å². The molecule has 1 aliphatic rings. The van der Waals surface area contributed by atoms with Crippen molar-refractivity contribution in [2.75, 3.05) is 7.11 Å². The van der Waals surface area contributed by atoms with Crippen LogP contribution in [0.1, 0.15) is 28.8 Å². The molecule has 1 heterocycles. The van der Waals surface area contributed by atoms with Crippen LogP contribution in [-0.4, -0.2) is 22.9 Å². The van der Waals surface area contributed by atoms with Gasteiger partial charge in [0, 0.05) is 19.6 Å². The van der Waals surface area contributed by atoms with Gasteiger partial charge in [-0.2, -0.15) is 5.10 Å². The highest BCUT2D eigenvalue weighted by atomic mass is 16.5. The first-order valence-electron chi connectivity index (χ1n) is 7.55. The van der Waals surface area contributed by atoms with Crippen molar-refractivity contribution in [3.05, 3.63) is 46.6 Å². The van der Waals surface area contributed by atoms with Crippen molar-refractivity contribution < 1.29 is 4.74 Å². The van der Waals surface area contributed by atoms with E-state index in [0.29, 0.717) is 6.04 Å². The number of benzene rings is 1. The van der Waals surface area contributed by atoms with Gasteiger partial charge in [0.2, 0.25) is 5.88 Å². The highest BCUT2D eigenvalue weighted by molar-refractivity contribution is 5.32. The lowest BCUT2D eigenvalue weighted by Gasteiger charge is -2.25. The molecule has 2 aromatic rings. The minimum Gasteiger partial charge on any atom is -0.481 e. The molecular weight excluding hydrogens is 262 g/mol. The van der Waals surface area contributed by atoms with E-state index in [4.69, 9.17) is 4.74 Å². The molecule has 3 rings (SSSR count). The number of fused-ring (bicyclic) bond motifs is 1. The van der Waals surface area contributed by atoms with Crippen molar-refractivity contribution in [2.45, 2.75) is 38.8 Å². The summed E-state index contributed by atoms with van der Waals surface area (Å²) in [6.07, 6.45) is 3.47. The molecule has 0 spiro atoms. The summed E-state index contributed by atoms with van der Waals surface area (Å²) < 4.78 is 7.26. The molecule has 0 unspecified atom stereocenters. The number of ether oxygens (including phenoxy) is 1. The average Bonchev–Trinajstić information content (AvgIpc) is 2.78. The van der Waals surface area contributed by atoms with Crippen LogP contribution in [-0.2, 0) is 26.4 Å². The van der Waals surface area contributed by atoms with Gasteiger partial charge in [0.05, 0.1) is 18.4 Å². The molecule has 0 saturated carbocycles. The highest BCUT2D eigenvalue weighted by Crippen LogP contribution is 2.24. The minimum atomic E-state index is 0.532. The van der Waals surface area contributed by atoms with Crippen LogP contribution >= 0.6 is 0 Å². The van der Waals surface area contributed by atoms with Crippen LogP contribution in [0.2, 0.25) is 0 Å². The summed E-state index contributed by atoms with van der Waals surface area (Å²) in [5.41, 5.74) is 5.19. The summed E-state index contributed by atoms with van der Waals surface area (Å²) in [4.78, 5) is 0. The Hall–Kier alpha value is -1.81. The van der Waals surface area contributed by atoms with Gasteiger partial charge in [0.1, 0.15) is 0 Å². The molecule has 1 N–H and O–H groups in total. The lowest BCUT2D eigenvalue weighted by molar-refractivity contribution is 0.365. The van der Waals surface area contributed by atoms with Crippen molar-refractivity contribution in [1.82, 2.24) is 15.1 Å². The summed E-state index contributed by atoms with van der Waals surface area (Å²) in [7, 11) is 3.63. The third-order valence-corrected chi connectivity index (χ3v) is 4.40. The van der Waals surface area contributed by atoms with E-state index < -0.39 is 0 Å². The number of rotatable bonds is 4. The van der Waals surface area contributed by atoms with Crippen LogP contribution in [0, 0.1) is 6.92 Å². The van der Waals surface area contributed by atoms with Crippen LogP contribution in [0.15, 0.2) is 24.3 Å². The van der Waals surface area contributed by atoms with Gasteiger partial charge in [0.25, 0.3) is 0 Å². The maximum atomic E-state index is 5.45. The van der Waals surface area contributed by atoms with Crippen molar-refractivity contribution in [3.63, 3.8) is 0 Å². The fourth-order valence-corrected chi connectivity index (χ4v) is 3.26. The van der Waals surface area contributed by atoms with Gasteiger partial charge in [-0.25, -0.2) is 4.68 Å². The normalized spacial score (nSPS) is 17.6. The average molecular weight is 285 g/mol. The van der Waals surface area contributed by atoms with E-state index in [1.54, 1.807) is 7.11 Å². The topological polar surface area (TPSA) is 39.1 Å². The molecular formula is C17H23N3O. The number of hydrogen-bond donors (Lipinski definition) is 1. The Kier molecular flexibility index (Phi) is 3.97. The Morgan fingerprint density at radius 2 is 2.10 bits per heavy atom. The second-order valence-corrected chi connectivity index (χ2v) is 5.79. The Morgan fingerprint density at radius 1 is 1.33 bits per heavy atom. The fraction of sp³-hybridized carbons (Fsp3) is 0.471. The van der Waals surface area contributed by atoms with Crippen LogP contribution < -0.4 is 10.1 Å². The molecule has 1 atom stereocenters. The molecule has 0 amide bonds. The number of aryl methyl sites for hydroxylation is 3. The van der Waals surface area contributed by atoms with E-state index in [1.165, 1.54) is 23.1 Å². The molecule has 0 aliphatic heterocycles. The van der Waals surface area contributed by atoms with Gasteiger partial charge in [-0.15, -0.1) is 0 Å². The first-order chi connectivity index (χ1) is 10.2. The molecule has 0 radical (unpaired) electrons. The highest BCUT2D eigenvalue weighted by Gasteiger charge is 2.20. The van der Waals surface area contributed by atoms with Crippen molar-refractivity contribution in [3.8, 4) is 5.88 Å². The minimum absolute atomic E-state index is 0.532. The first-order valence-corrected chi connectivity index (χ1v) is 7.55. The smallest absolute Gasteiger partial charge is 0.216 e. The molecule has 0 saturated heterocycles. The Bertz CT molecular complexity index is 633. The van der Waals surface area contributed by atoms with Crippen LogP contribution in [0.3, 0.4) is 0 Å². The zero-order valence-electron chi connectivity index (χ0n) is 13.0. The first kappa shape index (κ1) is 14.1. The maximum Gasteiger partial charge on any atom is 0.216 e. The third kappa shape index (κ3) is 2.81. The van der Waals surface area contributed by atoms with Crippen molar-refractivity contribution >= 4 is 0 Å². The predicted molar refractivity (Wildman–Crippen MR) is 83.6 cm³/mol. The lowest BCUT2D eigenvalue weighted by Crippen LogP contribution is -2.34. The fourth-order valence-electron chi connectivity index (χ4n) is 3.26. The molecule has 4 nitrogen and oxygen atoms in total. The van der Waals surface area contributed by atoms with E-state index in [-0.39, 0.29) is 0 Å². The Balaban J connectivity index is 1.67.